The molecule has 0 unspecified atom stereocenters. The molecular weight excluding hydrogens is 508 g/mol. The highest BCUT2D eigenvalue weighted by molar-refractivity contribution is 9.11. The van der Waals surface area contributed by atoms with Gasteiger partial charge in [-0.25, -0.2) is 0 Å². The smallest absolute Gasteiger partial charge is 0.155 e. The molecule has 0 spiro atoms. The SMILES string of the molecule is C[C@]12CCC(=O)C=C1CC[C@@H]1[C@@H]2CC[C@]2(C)C(=O)CC[C@@H]12.Oc1ccc(Br)cc1Br. The van der Waals surface area contributed by atoms with Crippen LogP contribution >= 0.6 is 31.9 Å². The third-order valence-corrected chi connectivity index (χ3v) is 9.71. The van der Waals surface area contributed by atoms with Crippen molar-refractivity contribution in [2.24, 2.45) is 28.6 Å². The normalized spacial score (nSPS) is 37.3. The third kappa shape index (κ3) is 3.74. The summed E-state index contributed by atoms with van der Waals surface area (Å²) in [5, 5.41) is 8.98. The molecule has 0 amide bonds. The molecule has 1 aromatic rings. The van der Waals surface area contributed by atoms with Gasteiger partial charge in [0.1, 0.15) is 11.5 Å². The van der Waals surface area contributed by atoms with E-state index in [1.807, 2.05) is 6.08 Å². The standard InChI is InChI=1S/C19H26O2.C6H4Br2O/c1-18-9-7-13(20)11-12(18)3-4-14-15-5-6-17(21)19(15,2)10-8-16(14)18;7-4-1-2-6(9)5(8)3-4/h11,14-16H,3-10H2,1-2H3;1-3,9H/t14-,15-,16-,18-,19-;/m0./s1. The Kier molecular flexibility index (Phi) is 6.08. The summed E-state index contributed by atoms with van der Waals surface area (Å²) in [6, 6.07) is 5.18. The van der Waals surface area contributed by atoms with Gasteiger partial charge < -0.3 is 5.11 Å². The third-order valence-electron chi connectivity index (χ3n) is 8.58. The number of benzene rings is 1. The van der Waals surface area contributed by atoms with Gasteiger partial charge in [-0.2, -0.15) is 0 Å². The lowest BCUT2D eigenvalue weighted by Crippen LogP contribution is -2.50. The quantitative estimate of drug-likeness (QED) is 0.387. The predicted molar refractivity (Wildman–Crippen MR) is 125 cm³/mol. The average molecular weight is 538 g/mol. The van der Waals surface area contributed by atoms with Crippen LogP contribution in [0.3, 0.4) is 0 Å². The number of phenols is 1. The summed E-state index contributed by atoms with van der Waals surface area (Å²) >= 11 is 6.42. The lowest BCUT2D eigenvalue weighted by Gasteiger charge is -2.56. The minimum absolute atomic E-state index is 0.0246. The van der Waals surface area contributed by atoms with E-state index in [-0.39, 0.29) is 16.6 Å². The number of hydrogen-bond donors (Lipinski definition) is 1. The molecule has 3 saturated carbocycles. The van der Waals surface area contributed by atoms with E-state index in [0.29, 0.717) is 33.8 Å². The Morgan fingerprint density at radius 3 is 2.37 bits per heavy atom. The monoisotopic (exact) mass is 536 g/mol. The van der Waals surface area contributed by atoms with Crippen LogP contribution in [-0.4, -0.2) is 16.7 Å². The zero-order valence-corrected chi connectivity index (χ0v) is 20.9. The van der Waals surface area contributed by atoms with Crippen molar-refractivity contribution in [3.63, 3.8) is 0 Å². The van der Waals surface area contributed by atoms with Gasteiger partial charge in [-0.3, -0.25) is 9.59 Å². The molecule has 1 N–H and O–H groups in total. The number of ketones is 2. The Bertz CT molecular complexity index is 908. The summed E-state index contributed by atoms with van der Waals surface area (Å²) in [5.41, 5.74) is 1.64. The number of halogens is 2. The van der Waals surface area contributed by atoms with Crippen molar-refractivity contribution in [2.45, 2.75) is 65.2 Å². The summed E-state index contributed by atoms with van der Waals surface area (Å²) in [6.07, 6.45) is 10.2. The summed E-state index contributed by atoms with van der Waals surface area (Å²) in [6.45, 7) is 4.64. The van der Waals surface area contributed by atoms with Gasteiger partial charge in [0.25, 0.3) is 0 Å². The second kappa shape index (κ2) is 8.20. The van der Waals surface area contributed by atoms with Crippen LogP contribution in [0, 0.1) is 28.6 Å². The summed E-state index contributed by atoms with van der Waals surface area (Å²) in [4.78, 5) is 24.1. The fourth-order valence-corrected chi connectivity index (χ4v) is 7.86. The number of rotatable bonds is 0. The highest BCUT2D eigenvalue weighted by Gasteiger charge is 2.58. The number of hydrogen-bond acceptors (Lipinski definition) is 3. The van der Waals surface area contributed by atoms with E-state index in [2.05, 4.69) is 45.7 Å². The molecule has 3 nitrogen and oxygen atoms in total. The van der Waals surface area contributed by atoms with Gasteiger partial charge in [0.2, 0.25) is 0 Å². The topological polar surface area (TPSA) is 54.4 Å². The molecule has 5 atom stereocenters. The number of carbonyl (C=O) groups excluding carboxylic acids is 2. The molecule has 5 rings (SSSR count). The molecule has 162 valence electrons. The molecule has 0 saturated heterocycles. The molecule has 0 aromatic heterocycles. The molecule has 4 aliphatic rings. The maximum atomic E-state index is 12.4. The number of allylic oxidation sites excluding steroid dienone is 1. The van der Waals surface area contributed by atoms with Gasteiger partial charge in [-0.15, -0.1) is 0 Å². The van der Waals surface area contributed by atoms with E-state index in [4.69, 9.17) is 5.11 Å². The number of carbonyl (C=O) groups is 2. The molecule has 4 aliphatic carbocycles. The first-order valence-electron chi connectivity index (χ1n) is 11.1. The van der Waals surface area contributed by atoms with Crippen molar-refractivity contribution >= 4 is 43.4 Å². The fourth-order valence-electron chi connectivity index (χ4n) is 6.81. The first kappa shape index (κ1) is 22.3. The maximum absolute atomic E-state index is 12.4. The van der Waals surface area contributed by atoms with Crippen LogP contribution in [0.2, 0.25) is 0 Å². The van der Waals surface area contributed by atoms with Crippen LogP contribution < -0.4 is 0 Å². The van der Waals surface area contributed by atoms with Gasteiger partial charge >= 0.3 is 0 Å². The minimum Gasteiger partial charge on any atom is -0.507 e. The zero-order chi connectivity index (χ0) is 21.7. The minimum atomic E-state index is -0.0246. The van der Waals surface area contributed by atoms with Crippen molar-refractivity contribution in [2.75, 3.05) is 0 Å². The zero-order valence-electron chi connectivity index (χ0n) is 17.7. The van der Waals surface area contributed by atoms with Crippen molar-refractivity contribution in [3.05, 3.63) is 38.8 Å². The summed E-state index contributed by atoms with van der Waals surface area (Å²) in [5.74, 6) is 3.15. The fraction of sp³-hybridized carbons (Fsp3) is 0.600. The van der Waals surface area contributed by atoms with Crippen LogP contribution in [0.5, 0.6) is 5.75 Å². The second-order valence-electron chi connectivity index (χ2n) is 9.98. The average Bonchev–Trinajstić information content (AvgIpc) is 3.01. The van der Waals surface area contributed by atoms with Gasteiger partial charge in [-0.1, -0.05) is 35.4 Å². The van der Waals surface area contributed by atoms with Crippen molar-refractivity contribution < 1.29 is 14.7 Å². The molecule has 5 heteroatoms. The predicted octanol–water partition coefficient (Wildman–Crippen LogP) is 7.00. The van der Waals surface area contributed by atoms with E-state index >= 15 is 0 Å². The second-order valence-corrected chi connectivity index (χ2v) is 11.8. The highest BCUT2D eigenvalue weighted by Crippen LogP contribution is 2.64. The van der Waals surface area contributed by atoms with E-state index in [9.17, 15) is 9.59 Å². The van der Waals surface area contributed by atoms with Crippen LogP contribution in [0.15, 0.2) is 38.8 Å². The lowest BCUT2D eigenvalue weighted by atomic mass is 9.47. The van der Waals surface area contributed by atoms with Gasteiger partial charge in [0, 0.05) is 22.7 Å². The Labute approximate surface area is 196 Å². The van der Waals surface area contributed by atoms with E-state index in [0.717, 1.165) is 43.0 Å². The molecule has 1 aromatic carbocycles. The van der Waals surface area contributed by atoms with Crippen molar-refractivity contribution in [1.29, 1.82) is 0 Å². The van der Waals surface area contributed by atoms with Crippen LogP contribution in [0.25, 0.3) is 0 Å². The molecule has 30 heavy (non-hydrogen) atoms. The number of phenolic OH excluding ortho intramolecular Hbond substituents is 1. The van der Waals surface area contributed by atoms with E-state index in [1.54, 1.807) is 18.2 Å². The number of Topliss-reactive ketones (excluding diaryl/α,β-unsaturated/α-hetero) is 1. The first-order chi connectivity index (χ1) is 14.1. The summed E-state index contributed by atoms with van der Waals surface area (Å²) in [7, 11) is 0. The van der Waals surface area contributed by atoms with Crippen LogP contribution in [0.4, 0.5) is 0 Å². The van der Waals surface area contributed by atoms with Crippen molar-refractivity contribution in [1.82, 2.24) is 0 Å². The maximum Gasteiger partial charge on any atom is 0.155 e. The Morgan fingerprint density at radius 2 is 1.67 bits per heavy atom. The highest BCUT2D eigenvalue weighted by atomic mass is 79.9. The molecule has 0 heterocycles. The number of fused-ring (bicyclic) bond motifs is 5. The Balaban J connectivity index is 0.000000204. The van der Waals surface area contributed by atoms with Crippen LogP contribution in [-0.2, 0) is 9.59 Å². The van der Waals surface area contributed by atoms with Crippen molar-refractivity contribution in [3.8, 4) is 5.75 Å². The van der Waals surface area contributed by atoms with Gasteiger partial charge in [-0.05, 0) is 102 Å². The lowest BCUT2D eigenvalue weighted by molar-refractivity contribution is -0.132. The Morgan fingerprint density at radius 1 is 0.933 bits per heavy atom. The van der Waals surface area contributed by atoms with Gasteiger partial charge in [0.05, 0.1) is 4.47 Å². The Hall–Kier alpha value is -0.940. The van der Waals surface area contributed by atoms with E-state index < -0.39 is 0 Å². The van der Waals surface area contributed by atoms with Crippen LogP contribution in [0.1, 0.15) is 65.2 Å². The van der Waals surface area contributed by atoms with Gasteiger partial charge in [0.15, 0.2) is 5.78 Å². The molecule has 0 bridgehead atoms. The largest absolute Gasteiger partial charge is 0.507 e. The van der Waals surface area contributed by atoms with E-state index in [1.165, 1.54) is 18.4 Å². The summed E-state index contributed by atoms with van der Waals surface area (Å²) < 4.78 is 1.66. The molecule has 3 fully saturated rings. The number of aromatic hydroxyl groups is 1. The molecule has 0 radical (unpaired) electrons. The molecule has 0 aliphatic heterocycles. The first-order valence-corrected chi connectivity index (χ1v) is 12.6. The molecular formula is C25H30Br2O3.